The van der Waals surface area contributed by atoms with Crippen LogP contribution in [0.1, 0.15) is 38.0 Å². The fraction of sp³-hybridized carbons (Fsp3) is 0.200. The molecule has 4 nitrogen and oxygen atoms in total. The molecule has 3 aromatic rings. The molecule has 0 aliphatic carbocycles. The second-order valence-electron chi connectivity index (χ2n) is 7.66. The van der Waals surface area contributed by atoms with E-state index in [1.165, 1.54) is 25.8 Å². The fourth-order valence-corrected chi connectivity index (χ4v) is 6.73. The van der Waals surface area contributed by atoms with Gasteiger partial charge in [0, 0.05) is 31.9 Å². The number of thiophene rings is 2. The first kappa shape index (κ1) is 21.2. The highest BCUT2D eigenvalue weighted by molar-refractivity contribution is 7.13. The minimum absolute atomic E-state index is 0.117. The van der Waals surface area contributed by atoms with Crippen LogP contribution in [0.4, 0.5) is 0 Å². The Morgan fingerprint density at radius 1 is 0.812 bits per heavy atom. The van der Waals surface area contributed by atoms with Crippen LogP contribution in [0.15, 0.2) is 77.0 Å². The molecule has 0 saturated carbocycles. The molecule has 2 aliphatic rings. The summed E-state index contributed by atoms with van der Waals surface area (Å²) in [5.74, 6) is 0. The molecule has 2 aromatic heterocycles. The fourth-order valence-electron chi connectivity index (χ4n) is 3.90. The summed E-state index contributed by atoms with van der Waals surface area (Å²) in [6.45, 7) is 0. The Bertz CT molecular complexity index is 1190. The Morgan fingerprint density at radius 2 is 1.44 bits per heavy atom. The van der Waals surface area contributed by atoms with Gasteiger partial charge in [0.05, 0.1) is 29.8 Å². The van der Waals surface area contributed by atoms with Crippen molar-refractivity contribution in [1.29, 1.82) is 0 Å². The molecule has 5 rings (SSSR count). The van der Waals surface area contributed by atoms with Gasteiger partial charge < -0.3 is 10.6 Å². The molecule has 2 aliphatic heterocycles. The first-order valence-corrected chi connectivity index (χ1v) is 12.6. The number of halogens is 1. The number of rotatable bonds is 7. The SMILES string of the molecule is Clc1cc(CCCc2cc(-c3ccccc3)c(C3C=CN=CN3)s2)sc1C1C=CN=CN1. The van der Waals surface area contributed by atoms with Crippen LogP contribution in [0.2, 0.25) is 5.02 Å². The number of aliphatic imine (C=N–C) groups is 2. The molecule has 0 saturated heterocycles. The molecule has 2 N–H and O–H groups in total. The van der Waals surface area contributed by atoms with E-state index < -0.39 is 0 Å². The predicted molar refractivity (Wildman–Crippen MR) is 138 cm³/mol. The molecule has 2 unspecified atom stereocenters. The summed E-state index contributed by atoms with van der Waals surface area (Å²) in [6.07, 6.45) is 14.5. The maximum Gasteiger partial charge on any atom is 0.0886 e. The van der Waals surface area contributed by atoms with Gasteiger partial charge in [0.1, 0.15) is 0 Å². The van der Waals surface area contributed by atoms with Crippen LogP contribution in [0.25, 0.3) is 11.1 Å². The van der Waals surface area contributed by atoms with E-state index in [2.05, 4.69) is 69.2 Å². The van der Waals surface area contributed by atoms with Gasteiger partial charge in [0.2, 0.25) is 0 Å². The van der Waals surface area contributed by atoms with E-state index >= 15 is 0 Å². The topological polar surface area (TPSA) is 48.8 Å². The molecular weight excluding hydrogens is 456 g/mol. The Morgan fingerprint density at radius 3 is 2.09 bits per heavy atom. The molecule has 1 aromatic carbocycles. The van der Waals surface area contributed by atoms with E-state index in [0.717, 1.165) is 29.2 Å². The zero-order valence-electron chi connectivity index (χ0n) is 17.4. The van der Waals surface area contributed by atoms with E-state index in [-0.39, 0.29) is 12.1 Å². The van der Waals surface area contributed by atoms with E-state index in [1.807, 2.05) is 29.8 Å². The van der Waals surface area contributed by atoms with Crippen molar-refractivity contribution >= 4 is 47.0 Å². The zero-order valence-corrected chi connectivity index (χ0v) is 19.8. The maximum absolute atomic E-state index is 6.52. The van der Waals surface area contributed by atoms with E-state index in [1.54, 1.807) is 24.0 Å². The van der Waals surface area contributed by atoms with E-state index in [0.29, 0.717) is 0 Å². The third-order valence-electron chi connectivity index (χ3n) is 5.46. The summed E-state index contributed by atoms with van der Waals surface area (Å²) in [5.41, 5.74) is 2.57. The molecule has 0 radical (unpaired) electrons. The summed E-state index contributed by atoms with van der Waals surface area (Å²) in [4.78, 5) is 13.5. The van der Waals surface area contributed by atoms with E-state index in [9.17, 15) is 0 Å². The third kappa shape index (κ3) is 4.72. The second kappa shape index (κ2) is 9.86. The van der Waals surface area contributed by atoms with Crippen LogP contribution >= 0.6 is 34.3 Å². The number of hydrogen-bond acceptors (Lipinski definition) is 6. The number of nitrogens with zero attached hydrogens (tertiary/aromatic N) is 2. The van der Waals surface area contributed by atoms with Crippen molar-refractivity contribution in [3.05, 3.63) is 91.5 Å². The molecule has 7 heteroatoms. The lowest BCUT2D eigenvalue weighted by Gasteiger charge is -2.15. The largest absolute Gasteiger partial charge is 0.365 e. The highest BCUT2D eigenvalue weighted by Crippen LogP contribution is 2.38. The Balaban J connectivity index is 1.29. The molecule has 0 fully saturated rings. The molecule has 32 heavy (non-hydrogen) atoms. The van der Waals surface area contributed by atoms with Gasteiger partial charge in [-0.3, -0.25) is 0 Å². The molecule has 4 heterocycles. The lowest BCUT2D eigenvalue weighted by Crippen LogP contribution is -2.19. The Kier molecular flexibility index (Phi) is 6.53. The van der Waals surface area contributed by atoms with Gasteiger partial charge >= 0.3 is 0 Å². The number of benzene rings is 1. The second-order valence-corrected chi connectivity index (χ2v) is 10.4. The van der Waals surface area contributed by atoms with Gasteiger partial charge in [-0.15, -0.1) is 22.7 Å². The van der Waals surface area contributed by atoms with Crippen LogP contribution in [-0.2, 0) is 12.8 Å². The molecular formula is C25H23ClN4S2. The normalized spacial score (nSPS) is 19.2. The summed E-state index contributed by atoms with van der Waals surface area (Å²) in [7, 11) is 0. The van der Waals surface area contributed by atoms with Gasteiger partial charge in [-0.05, 0) is 54.7 Å². The summed E-state index contributed by atoms with van der Waals surface area (Å²) in [6, 6.07) is 15.4. The standard InChI is InChI=1S/C25H23ClN4S2/c26-21-14-19(32-25(21)23-10-12-28-16-30-23)8-4-7-18-13-20(17-5-2-1-3-6-17)24(31-18)22-9-11-27-15-29-22/h1-3,5-6,9-16,22-23H,4,7-8H2,(H,27,29)(H,28,30). The van der Waals surface area contributed by atoms with Crippen molar-refractivity contribution in [2.24, 2.45) is 9.98 Å². The average Bonchev–Trinajstić information content (AvgIpc) is 3.44. The quantitative estimate of drug-likeness (QED) is 0.398. The maximum atomic E-state index is 6.52. The molecule has 0 spiro atoms. The van der Waals surface area contributed by atoms with Crippen molar-refractivity contribution in [3.8, 4) is 11.1 Å². The van der Waals surface area contributed by atoms with Crippen molar-refractivity contribution < 1.29 is 0 Å². The highest BCUT2D eigenvalue weighted by atomic mass is 35.5. The van der Waals surface area contributed by atoms with Crippen molar-refractivity contribution in [3.63, 3.8) is 0 Å². The van der Waals surface area contributed by atoms with Crippen LogP contribution in [0.3, 0.4) is 0 Å². The molecule has 2 atom stereocenters. The Labute approximate surface area is 201 Å². The van der Waals surface area contributed by atoms with Crippen LogP contribution in [-0.4, -0.2) is 12.7 Å². The monoisotopic (exact) mass is 478 g/mol. The predicted octanol–water partition coefficient (Wildman–Crippen LogP) is 6.68. The van der Waals surface area contributed by atoms with Crippen molar-refractivity contribution in [1.82, 2.24) is 10.6 Å². The summed E-state index contributed by atoms with van der Waals surface area (Å²) >= 11 is 10.2. The van der Waals surface area contributed by atoms with Crippen LogP contribution < -0.4 is 10.6 Å². The van der Waals surface area contributed by atoms with Gasteiger partial charge in [0.15, 0.2) is 0 Å². The van der Waals surface area contributed by atoms with Crippen molar-refractivity contribution in [2.45, 2.75) is 31.3 Å². The Hall–Kier alpha value is -2.67. The molecule has 162 valence electrons. The highest BCUT2D eigenvalue weighted by Gasteiger charge is 2.19. The lowest BCUT2D eigenvalue weighted by molar-refractivity contribution is 0.807. The minimum atomic E-state index is 0.117. The zero-order chi connectivity index (χ0) is 21.8. The van der Waals surface area contributed by atoms with Gasteiger partial charge in [-0.2, -0.15) is 0 Å². The van der Waals surface area contributed by atoms with Crippen LogP contribution in [0, 0.1) is 0 Å². The smallest absolute Gasteiger partial charge is 0.0886 e. The number of hydrogen-bond donors (Lipinski definition) is 2. The third-order valence-corrected chi connectivity index (χ3v) is 8.44. The average molecular weight is 479 g/mol. The number of aryl methyl sites for hydroxylation is 2. The van der Waals surface area contributed by atoms with Crippen LogP contribution in [0.5, 0.6) is 0 Å². The lowest BCUT2D eigenvalue weighted by atomic mass is 10.0. The molecule has 0 amide bonds. The summed E-state index contributed by atoms with van der Waals surface area (Å²) in [5, 5.41) is 7.47. The minimum Gasteiger partial charge on any atom is -0.365 e. The van der Waals surface area contributed by atoms with Crippen molar-refractivity contribution in [2.75, 3.05) is 0 Å². The first-order chi connectivity index (χ1) is 15.8. The van der Waals surface area contributed by atoms with Gasteiger partial charge in [0.25, 0.3) is 0 Å². The van der Waals surface area contributed by atoms with Gasteiger partial charge in [-0.25, -0.2) is 9.98 Å². The molecule has 0 bridgehead atoms. The number of nitrogens with one attached hydrogen (secondary N) is 2. The first-order valence-electron chi connectivity index (χ1n) is 10.6. The van der Waals surface area contributed by atoms with E-state index in [4.69, 9.17) is 11.6 Å². The van der Waals surface area contributed by atoms with Gasteiger partial charge in [-0.1, -0.05) is 41.9 Å². The summed E-state index contributed by atoms with van der Waals surface area (Å²) < 4.78 is 0.